The maximum absolute atomic E-state index is 12.0. The van der Waals surface area contributed by atoms with Gasteiger partial charge in [-0.05, 0) is 31.6 Å². The molecule has 1 aliphatic heterocycles. The Bertz CT molecular complexity index is 371. The number of amides is 3. The molecule has 0 aliphatic carbocycles. The van der Waals surface area contributed by atoms with Crippen molar-refractivity contribution in [3.8, 4) is 0 Å². The number of hydrogen-bond donors (Lipinski definition) is 2. The minimum Gasteiger partial charge on any atom is -0.481 e. The molecule has 6 heteroatoms. The molecule has 1 saturated heterocycles. The maximum Gasteiger partial charge on any atom is 0.324 e. The number of rotatable bonds is 6. The fraction of sp³-hybridized carbons (Fsp3) is 0.800. The van der Waals surface area contributed by atoms with Crippen LogP contribution >= 0.6 is 0 Å². The molecular weight excluding hydrogens is 272 g/mol. The Hall–Kier alpha value is -1.59. The van der Waals surface area contributed by atoms with Crippen molar-refractivity contribution in [3.05, 3.63) is 0 Å². The summed E-state index contributed by atoms with van der Waals surface area (Å²) in [5, 5.41) is 10.9. The molecule has 0 radical (unpaired) electrons. The Labute approximate surface area is 125 Å². The molecule has 1 unspecified atom stereocenters. The number of nitrogens with one attached hydrogen (secondary N) is 1. The molecule has 21 heavy (non-hydrogen) atoms. The van der Waals surface area contributed by atoms with Crippen molar-refractivity contribution in [2.24, 2.45) is 5.92 Å². The first-order valence-corrected chi connectivity index (χ1v) is 7.83. The van der Waals surface area contributed by atoms with E-state index in [1.165, 1.54) is 12.8 Å². The third-order valence-corrected chi connectivity index (χ3v) is 3.87. The molecule has 0 saturated carbocycles. The third-order valence-electron chi connectivity index (χ3n) is 3.87. The first-order chi connectivity index (χ1) is 10.0. The molecule has 6 nitrogen and oxygen atoms in total. The summed E-state index contributed by atoms with van der Waals surface area (Å²) in [5.74, 6) is -0.640. The molecule has 0 aromatic heterocycles. The van der Waals surface area contributed by atoms with Gasteiger partial charge < -0.3 is 10.0 Å². The summed E-state index contributed by atoms with van der Waals surface area (Å²) in [7, 11) is 0. The van der Waals surface area contributed by atoms with Crippen LogP contribution in [0.25, 0.3) is 0 Å². The van der Waals surface area contributed by atoms with E-state index in [0.29, 0.717) is 19.0 Å². The van der Waals surface area contributed by atoms with E-state index in [2.05, 4.69) is 12.2 Å². The zero-order valence-electron chi connectivity index (χ0n) is 12.8. The van der Waals surface area contributed by atoms with Crippen LogP contribution in [0.15, 0.2) is 0 Å². The molecule has 120 valence electrons. The fourth-order valence-electron chi connectivity index (χ4n) is 2.73. The first-order valence-electron chi connectivity index (χ1n) is 7.83. The van der Waals surface area contributed by atoms with Crippen LogP contribution in [0.4, 0.5) is 4.79 Å². The van der Waals surface area contributed by atoms with Gasteiger partial charge in [0.15, 0.2) is 0 Å². The molecule has 2 N–H and O–H groups in total. The Kier molecular flexibility index (Phi) is 7.79. The van der Waals surface area contributed by atoms with Crippen LogP contribution in [0.3, 0.4) is 0 Å². The highest BCUT2D eigenvalue weighted by Crippen LogP contribution is 2.21. The van der Waals surface area contributed by atoms with Gasteiger partial charge >= 0.3 is 12.0 Å². The standard InChI is InChI=1S/C15H26N2O4/c1-2-5-12-6-4-10-17(11-9-12)15(21)16-13(18)7-3-8-14(19)20/h12H,2-11H2,1H3,(H,19,20)(H,16,18,21). The lowest BCUT2D eigenvalue weighted by molar-refractivity contribution is -0.137. The number of nitrogens with zero attached hydrogens (tertiary/aromatic N) is 1. The van der Waals surface area contributed by atoms with Crippen LogP contribution in [0.5, 0.6) is 0 Å². The van der Waals surface area contributed by atoms with Crippen molar-refractivity contribution < 1.29 is 19.5 Å². The SMILES string of the molecule is CCCC1CCCN(C(=O)NC(=O)CCCC(=O)O)CC1. The minimum atomic E-state index is -0.927. The highest BCUT2D eigenvalue weighted by atomic mass is 16.4. The van der Waals surface area contributed by atoms with Crippen LogP contribution in [0, 0.1) is 5.92 Å². The van der Waals surface area contributed by atoms with E-state index in [1.54, 1.807) is 4.90 Å². The molecular formula is C15H26N2O4. The number of carboxylic acids is 1. The number of carboxylic acid groups (broad SMARTS) is 1. The van der Waals surface area contributed by atoms with Crippen molar-refractivity contribution in [3.63, 3.8) is 0 Å². The smallest absolute Gasteiger partial charge is 0.324 e. The average Bonchev–Trinajstić information content (AvgIpc) is 2.64. The monoisotopic (exact) mass is 298 g/mol. The molecule has 1 rings (SSSR count). The van der Waals surface area contributed by atoms with Crippen molar-refractivity contribution in [2.75, 3.05) is 13.1 Å². The number of imide groups is 1. The summed E-state index contributed by atoms with van der Waals surface area (Å²) in [5.41, 5.74) is 0. The highest BCUT2D eigenvalue weighted by molar-refractivity contribution is 5.94. The minimum absolute atomic E-state index is 0.0516. The van der Waals surface area contributed by atoms with Gasteiger partial charge in [0.25, 0.3) is 0 Å². The van der Waals surface area contributed by atoms with Crippen LogP contribution in [0.1, 0.15) is 58.3 Å². The Morgan fingerprint density at radius 2 is 1.95 bits per heavy atom. The molecule has 1 aliphatic rings. The van der Waals surface area contributed by atoms with E-state index < -0.39 is 11.9 Å². The van der Waals surface area contributed by atoms with Gasteiger partial charge in [0.2, 0.25) is 5.91 Å². The van der Waals surface area contributed by atoms with E-state index in [-0.39, 0.29) is 25.3 Å². The molecule has 1 atom stereocenters. The normalized spacial score (nSPS) is 18.9. The maximum atomic E-state index is 12.0. The van der Waals surface area contributed by atoms with E-state index in [4.69, 9.17) is 5.11 Å². The lowest BCUT2D eigenvalue weighted by Crippen LogP contribution is -2.43. The lowest BCUT2D eigenvalue weighted by atomic mass is 9.96. The summed E-state index contributed by atoms with van der Waals surface area (Å²) in [6.07, 6.45) is 5.76. The zero-order chi connectivity index (χ0) is 15.7. The predicted octanol–water partition coefficient (Wildman–Crippen LogP) is 2.38. The number of likely N-dealkylation sites (tertiary alicyclic amines) is 1. The molecule has 3 amide bonds. The number of urea groups is 1. The van der Waals surface area contributed by atoms with Gasteiger partial charge in [-0.1, -0.05) is 19.8 Å². The molecule has 1 heterocycles. The fourth-order valence-corrected chi connectivity index (χ4v) is 2.73. The van der Waals surface area contributed by atoms with Crippen LogP contribution < -0.4 is 5.32 Å². The highest BCUT2D eigenvalue weighted by Gasteiger charge is 2.21. The van der Waals surface area contributed by atoms with E-state index in [1.807, 2.05) is 0 Å². The van der Waals surface area contributed by atoms with E-state index >= 15 is 0 Å². The Balaban J connectivity index is 2.30. The van der Waals surface area contributed by atoms with E-state index in [9.17, 15) is 14.4 Å². The number of hydrogen-bond acceptors (Lipinski definition) is 3. The summed E-state index contributed by atoms with van der Waals surface area (Å²) >= 11 is 0. The number of carbonyl (C=O) groups excluding carboxylic acids is 2. The quantitative estimate of drug-likeness (QED) is 0.788. The van der Waals surface area contributed by atoms with Crippen LogP contribution in [-0.2, 0) is 9.59 Å². The molecule has 0 aromatic carbocycles. The Morgan fingerprint density at radius 3 is 2.62 bits per heavy atom. The number of carbonyl (C=O) groups is 3. The first kappa shape index (κ1) is 17.5. The van der Waals surface area contributed by atoms with Gasteiger partial charge in [-0.15, -0.1) is 0 Å². The number of aliphatic carboxylic acids is 1. The van der Waals surface area contributed by atoms with Gasteiger partial charge in [-0.3, -0.25) is 14.9 Å². The largest absolute Gasteiger partial charge is 0.481 e. The van der Waals surface area contributed by atoms with Gasteiger partial charge in [-0.2, -0.15) is 0 Å². The summed E-state index contributed by atoms with van der Waals surface area (Å²) in [4.78, 5) is 35.6. The van der Waals surface area contributed by atoms with Gasteiger partial charge in [0.1, 0.15) is 0 Å². The summed E-state index contributed by atoms with van der Waals surface area (Å²) < 4.78 is 0. The topological polar surface area (TPSA) is 86.7 Å². The van der Waals surface area contributed by atoms with Crippen molar-refractivity contribution in [1.82, 2.24) is 10.2 Å². The van der Waals surface area contributed by atoms with Gasteiger partial charge in [0.05, 0.1) is 0 Å². The zero-order valence-corrected chi connectivity index (χ0v) is 12.8. The molecule has 1 fully saturated rings. The second-order valence-electron chi connectivity index (χ2n) is 5.67. The molecule has 0 aromatic rings. The van der Waals surface area contributed by atoms with Gasteiger partial charge in [-0.25, -0.2) is 4.79 Å². The van der Waals surface area contributed by atoms with Crippen molar-refractivity contribution >= 4 is 17.9 Å². The summed E-state index contributed by atoms with van der Waals surface area (Å²) in [6, 6.07) is -0.340. The molecule has 0 bridgehead atoms. The van der Waals surface area contributed by atoms with Crippen molar-refractivity contribution in [2.45, 2.75) is 58.3 Å². The van der Waals surface area contributed by atoms with Crippen molar-refractivity contribution in [1.29, 1.82) is 0 Å². The third kappa shape index (κ3) is 7.11. The summed E-state index contributed by atoms with van der Waals surface area (Å²) in [6.45, 7) is 3.55. The Morgan fingerprint density at radius 1 is 1.19 bits per heavy atom. The second kappa shape index (κ2) is 9.37. The lowest BCUT2D eigenvalue weighted by Gasteiger charge is -2.20. The van der Waals surface area contributed by atoms with Crippen LogP contribution in [-0.4, -0.2) is 41.0 Å². The second-order valence-corrected chi connectivity index (χ2v) is 5.67. The van der Waals surface area contributed by atoms with E-state index in [0.717, 1.165) is 19.3 Å². The van der Waals surface area contributed by atoms with Crippen LogP contribution in [0.2, 0.25) is 0 Å². The average molecular weight is 298 g/mol. The predicted molar refractivity (Wildman–Crippen MR) is 78.8 cm³/mol. The van der Waals surface area contributed by atoms with Gasteiger partial charge in [0, 0.05) is 25.9 Å². The molecule has 0 spiro atoms.